The number of nitriles is 1. The van der Waals surface area contributed by atoms with Crippen LogP contribution in [0.4, 0.5) is 4.39 Å². The Morgan fingerprint density at radius 3 is 3.00 bits per heavy atom. The summed E-state index contributed by atoms with van der Waals surface area (Å²) in [5.74, 6) is -0.204. The van der Waals surface area contributed by atoms with Crippen LogP contribution in [0.25, 0.3) is 11.0 Å². The van der Waals surface area contributed by atoms with Crippen LogP contribution in [0.2, 0.25) is 0 Å². The summed E-state index contributed by atoms with van der Waals surface area (Å²) in [4.78, 5) is 6.94. The Balaban J connectivity index is 2.64. The van der Waals surface area contributed by atoms with Gasteiger partial charge in [-0.2, -0.15) is 5.26 Å². The number of aromatic amines is 1. The fourth-order valence-electron chi connectivity index (χ4n) is 1.28. The Bertz CT molecular complexity index is 510. The van der Waals surface area contributed by atoms with Crippen molar-refractivity contribution in [1.29, 1.82) is 5.26 Å². The van der Waals surface area contributed by atoms with Crippen molar-refractivity contribution in [2.75, 3.05) is 0 Å². The highest BCUT2D eigenvalue weighted by Gasteiger charge is 2.11. The number of nitrogens with zero attached hydrogens (tertiary/aromatic N) is 2. The van der Waals surface area contributed by atoms with Gasteiger partial charge in [0.05, 0.1) is 11.6 Å². The molecular weight excluding hydrogens is 181 g/mol. The van der Waals surface area contributed by atoms with Crippen LogP contribution in [0, 0.1) is 17.1 Å². The Kier molecular flexibility index (Phi) is 1.93. The largest absolute Gasteiger partial charge is 0.341 e. The van der Waals surface area contributed by atoms with E-state index in [-0.39, 0.29) is 11.7 Å². The summed E-state index contributed by atoms with van der Waals surface area (Å²) in [6, 6.07) is 6.74. The van der Waals surface area contributed by atoms with Crippen LogP contribution in [0.5, 0.6) is 0 Å². The molecule has 0 aliphatic carbocycles. The van der Waals surface area contributed by atoms with Crippen molar-refractivity contribution in [1.82, 2.24) is 9.97 Å². The number of hydrogen-bond donors (Lipinski definition) is 1. The topological polar surface area (TPSA) is 52.5 Å². The average molecular weight is 189 g/mol. The van der Waals surface area contributed by atoms with Gasteiger partial charge in [-0.15, -0.1) is 0 Å². The number of imidazole rings is 1. The lowest BCUT2D eigenvalue weighted by Crippen LogP contribution is -1.91. The fourth-order valence-corrected chi connectivity index (χ4v) is 1.28. The van der Waals surface area contributed by atoms with E-state index in [1.165, 1.54) is 6.07 Å². The molecule has 1 aromatic heterocycles. The number of H-pyrrole nitrogens is 1. The maximum Gasteiger partial charge on any atom is 0.151 e. The number of aromatic nitrogens is 2. The third-order valence-electron chi connectivity index (χ3n) is 2.09. The predicted molar refractivity (Wildman–Crippen MR) is 50.1 cm³/mol. The van der Waals surface area contributed by atoms with Gasteiger partial charge in [-0.25, -0.2) is 9.37 Å². The summed E-state index contributed by atoms with van der Waals surface area (Å²) in [6.07, 6.45) is 0. The number of rotatable bonds is 1. The molecule has 1 aromatic carbocycles. The zero-order valence-electron chi connectivity index (χ0n) is 7.58. The summed E-state index contributed by atoms with van der Waals surface area (Å²) in [5, 5.41) is 8.68. The molecule has 1 heterocycles. The SMILES string of the molecule is CC(C#N)c1nc2c(F)cccc2[nH]1. The van der Waals surface area contributed by atoms with Gasteiger partial charge in [-0.3, -0.25) is 0 Å². The van der Waals surface area contributed by atoms with Gasteiger partial charge in [-0.05, 0) is 19.1 Å². The maximum atomic E-state index is 13.2. The third kappa shape index (κ3) is 1.23. The van der Waals surface area contributed by atoms with Crippen LogP contribution in [-0.2, 0) is 0 Å². The lowest BCUT2D eigenvalue weighted by molar-refractivity contribution is 0.637. The van der Waals surface area contributed by atoms with Crippen LogP contribution in [0.1, 0.15) is 18.7 Å². The maximum absolute atomic E-state index is 13.2. The minimum absolute atomic E-state index is 0.296. The third-order valence-corrected chi connectivity index (χ3v) is 2.09. The zero-order valence-corrected chi connectivity index (χ0v) is 7.58. The van der Waals surface area contributed by atoms with Crippen molar-refractivity contribution in [3.05, 3.63) is 29.8 Å². The molecule has 0 fully saturated rings. The van der Waals surface area contributed by atoms with Crippen molar-refractivity contribution in [2.24, 2.45) is 0 Å². The molecule has 0 saturated heterocycles. The van der Waals surface area contributed by atoms with Crippen molar-refractivity contribution in [3.63, 3.8) is 0 Å². The van der Waals surface area contributed by atoms with E-state index in [0.717, 1.165) is 0 Å². The van der Waals surface area contributed by atoms with E-state index in [1.54, 1.807) is 19.1 Å². The molecule has 1 N–H and O–H groups in total. The Labute approximate surface area is 80.2 Å². The monoisotopic (exact) mass is 189 g/mol. The molecule has 0 bridgehead atoms. The molecule has 0 radical (unpaired) electrons. The summed E-state index contributed by atoms with van der Waals surface area (Å²) >= 11 is 0. The quantitative estimate of drug-likeness (QED) is 0.748. The highest BCUT2D eigenvalue weighted by molar-refractivity contribution is 5.75. The highest BCUT2D eigenvalue weighted by Crippen LogP contribution is 2.18. The van der Waals surface area contributed by atoms with E-state index >= 15 is 0 Å². The predicted octanol–water partition coefficient (Wildman–Crippen LogP) is 2.33. The van der Waals surface area contributed by atoms with Crippen molar-refractivity contribution in [3.8, 4) is 6.07 Å². The number of benzene rings is 1. The van der Waals surface area contributed by atoms with E-state index in [9.17, 15) is 4.39 Å². The number of fused-ring (bicyclic) bond motifs is 1. The second-order valence-electron chi connectivity index (χ2n) is 3.11. The first-order chi connectivity index (χ1) is 6.72. The molecule has 1 unspecified atom stereocenters. The molecule has 0 aliphatic rings. The van der Waals surface area contributed by atoms with E-state index in [0.29, 0.717) is 16.9 Å². The van der Waals surface area contributed by atoms with E-state index < -0.39 is 0 Å². The average Bonchev–Trinajstić information content (AvgIpc) is 2.62. The summed E-state index contributed by atoms with van der Waals surface area (Å²) in [6.45, 7) is 1.72. The lowest BCUT2D eigenvalue weighted by Gasteiger charge is -1.92. The molecule has 0 saturated carbocycles. The first kappa shape index (κ1) is 8.70. The van der Waals surface area contributed by atoms with E-state index in [2.05, 4.69) is 9.97 Å². The van der Waals surface area contributed by atoms with Crippen LogP contribution >= 0.6 is 0 Å². The summed E-state index contributed by atoms with van der Waals surface area (Å²) in [7, 11) is 0. The first-order valence-electron chi connectivity index (χ1n) is 4.26. The van der Waals surface area contributed by atoms with Gasteiger partial charge in [0, 0.05) is 0 Å². The zero-order chi connectivity index (χ0) is 10.1. The number of hydrogen-bond acceptors (Lipinski definition) is 2. The molecule has 1 atom stereocenters. The minimum atomic E-state index is -0.366. The van der Waals surface area contributed by atoms with Crippen molar-refractivity contribution >= 4 is 11.0 Å². The van der Waals surface area contributed by atoms with Gasteiger partial charge in [0.15, 0.2) is 5.82 Å². The molecule has 70 valence electrons. The molecule has 2 aromatic rings. The molecular formula is C10H8FN3. The van der Waals surface area contributed by atoms with Gasteiger partial charge in [-0.1, -0.05) is 6.07 Å². The molecule has 14 heavy (non-hydrogen) atoms. The van der Waals surface area contributed by atoms with Crippen LogP contribution < -0.4 is 0 Å². The van der Waals surface area contributed by atoms with Crippen LogP contribution in [-0.4, -0.2) is 9.97 Å². The van der Waals surface area contributed by atoms with Gasteiger partial charge >= 0.3 is 0 Å². The fraction of sp³-hybridized carbons (Fsp3) is 0.200. The Morgan fingerprint density at radius 2 is 2.36 bits per heavy atom. The van der Waals surface area contributed by atoms with Crippen molar-refractivity contribution in [2.45, 2.75) is 12.8 Å². The molecule has 2 rings (SSSR count). The smallest absolute Gasteiger partial charge is 0.151 e. The standard InChI is InChI=1S/C10H8FN3/c1-6(5-12)10-13-8-4-2-3-7(11)9(8)14-10/h2-4,6H,1H3,(H,13,14). The first-order valence-corrected chi connectivity index (χ1v) is 4.26. The summed E-state index contributed by atoms with van der Waals surface area (Å²) in [5.41, 5.74) is 0.923. The number of nitrogens with one attached hydrogen (secondary N) is 1. The van der Waals surface area contributed by atoms with Gasteiger partial charge in [0.1, 0.15) is 17.3 Å². The summed E-state index contributed by atoms with van der Waals surface area (Å²) < 4.78 is 13.2. The highest BCUT2D eigenvalue weighted by atomic mass is 19.1. The normalized spacial score (nSPS) is 12.6. The Morgan fingerprint density at radius 1 is 1.57 bits per heavy atom. The van der Waals surface area contributed by atoms with Gasteiger partial charge < -0.3 is 4.98 Å². The molecule has 4 heteroatoms. The number of halogens is 1. The van der Waals surface area contributed by atoms with Crippen LogP contribution in [0.3, 0.4) is 0 Å². The lowest BCUT2D eigenvalue weighted by atomic mass is 10.2. The van der Waals surface area contributed by atoms with Gasteiger partial charge in [0.25, 0.3) is 0 Å². The van der Waals surface area contributed by atoms with E-state index in [4.69, 9.17) is 5.26 Å². The Hall–Kier alpha value is -1.89. The van der Waals surface area contributed by atoms with Crippen molar-refractivity contribution < 1.29 is 4.39 Å². The second-order valence-corrected chi connectivity index (χ2v) is 3.11. The molecule has 0 spiro atoms. The van der Waals surface area contributed by atoms with Gasteiger partial charge in [0.2, 0.25) is 0 Å². The molecule has 0 aliphatic heterocycles. The van der Waals surface area contributed by atoms with E-state index in [1.807, 2.05) is 6.07 Å². The number of para-hydroxylation sites is 1. The molecule has 0 amide bonds. The molecule has 3 nitrogen and oxygen atoms in total. The second kappa shape index (κ2) is 3.11. The minimum Gasteiger partial charge on any atom is -0.341 e. The van der Waals surface area contributed by atoms with Crippen LogP contribution in [0.15, 0.2) is 18.2 Å².